The van der Waals surface area contributed by atoms with Crippen molar-refractivity contribution in [2.75, 3.05) is 5.32 Å². The lowest BCUT2D eigenvalue weighted by molar-refractivity contribution is 0.0818. The van der Waals surface area contributed by atoms with E-state index in [2.05, 4.69) is 5.32 Å². The van der Waals surface area contributed by atoms with Crippen LogP contribution in [0.1, 0.15) is 33.2 Å². The minimum atomic E-state index is -0.619. The van der Waals surface area contributed by atoms with Crippen molar-refractivity contribution < 1.29 is 14.3 Å². The number of Topliss-reactive ketones (excluding diaryl/α,β-unsaturated/α-hetero) is 1. The first-order valence-corrected chi connectivity index (χ1v) is 9.25. The van der Waals surface area contributed by atoms with Crippen LogP contribution in [0.5, 0.6) is 5.75 Å². The number of rotatable bonds is 6. The maximum atomic E-state index is 12.5. The molecule has 1 atom stereocenters. The standard InChI is InChI=1S/C23H20ClNO3/c1-15-7-9-17(10-8-15)22(26)16(2)28-19-13-11-18(12-14-19)25-23(27)20-5-3-4-6-21(20)24/h3-14,16H,1-2H3,(H,25,27)/t16-/m1/s1. The molecule has 3 aromatic rings. The fraction of sp³-hybridized carbons (Fsp3) is 0.130. The van der Waals surface area contributed by atoms with Crippen LogP contribution in [-0.2, 0) is 0 Å². The topological polar surface area (TPSA) is 55.4 Å². The summed E-state index contributed by atoms with van der Waals surface area (Å²) in [6.45, 7) is 3.69. The molecule has 0 saturated heterocycles. The fourth-order valence-corrected chi connectivity index (χ4v) is 2.89. The van der Waals surface area contributed by atoms with Gasteiger partial charge in [-0.15, -0.1) is 0 Å². The molecule has 0 radical (unpaired) electrons. The third kappa shape index (κ3) is 4.78. The van der Waals surface area contributed by atoms with Crippen LogP contribution in [0.25, 0.3) is 0 Å². The molecule has 4 nitrogen and oxygen atoms in total. The predicted molar refractivity (Wildman–Crippen MR) is 111 cm³/mol. The molecule has 0 saturated carbocycles. The number of nitrogens with one attached hydrogen (secondary N) is 1. The molecule has 0 bridgehead atoms. The van der Waals surface area contributed by atoms with Gasteiger partial charge in [0.25, 0.3) is 5.91 Å². The molecule has 0 aliphatic carbocycles. The number of halogens is 1. The molecule has 0 heterocycles. The van der Waals surface area contributed by atoms with Crippen molar-refractivity contribution in [2.24, 2.45) is 0 Å². The zero-order chi connectivity index (χ0) is 20.1. The smallest absolute Gasteiger partial charge is 0.257 e. The quantitative estimate of drug-likeness (QED) is 0.558. The normalized spacial score (nSPS) is 11.5. The van der Waals surface area contributed by atoms with Crippen LogP contribution in [0.3, 0.4) is 0 Å². The maximum Gasteiger partial charge on any atom is 0.257 e. The van der Waals surface area contributed by atoms with E-state index in [0.29, 0.717) is 27.6 Å². The van der Waals surface area contributed by atoms with Gasteiger partial charge in [-0.1, -0.05) is 53.6 Å². The van der Waals surface area contributed by atoms with Gasteiger partial charge in [-0.25, -0.2) is 0 Å². The van der Waals surface area contributed by atoms with Gasteiger partial charge >= 0.3 is 0 Å². The Morgan fingerprint density at radius 3 is 2.21 bits per heavy atom. The third-order valence-corrected chi connectivity index (χ3v) is 4.58. The highest BCUT2D eigenvalue weighted by molar-refractivity contribution is 6.34. The number of ether oxygens (including phenoxy) is 1. The average molecular weight is 394 g/mol. The molecular formula is C23H20ClNO3. The first kappa shape index (κ1) is 19.6. The molecule has 3 aromatic carbocycles. The van der Waals surface area contributed by atoms with E-state index in [-0.39, 0.29) is 11.7 Å². The highest BCUT2D eigenvalue weighted by atomic mass is 35.5. The summed E-state index contributed by atoms with van der Waals surface area (Å²) in [4.78, 5) is 24.8. The first-order chi connectivity index (χ1) is 13.4. The summed E-state index contributed by atoms with van der Waals surface area (Å²) in [6.07, 6.45) is -0.619. The predicted octanol–water partition coefficient (Wildman–Crippen LogP) is 5.55. The van der Waals surface area contributed by atoms with Gasteiger partial charge in [0.1, 0.15) is 5.75 Å². The van der Waals surface area contributed by atoms with Gasteiger partial charge in [0.05, 0.1) is 10.6 Å². The molecule has 0 fully saturated rings. The van der Waals surface area contributed by atoms with Crippen LogP contribution in [0.15, 0.2) is 72.8 Å². The van der Waals surface area contributed by atoms with Crippen molar-refractivity contribution in [1.82, 2.24) is 0 Å². The highest BCUT2D eigenvalue weighted by Gasteiger charge is 2.17. The summed E-state index contributed by atoms with van der Waals surface area (Å²) in [7, 11) is 0. The molecule has 0 aromatic heterocycles. The minimum Gasteiger partial charge on any atom is -0.483 e. The summed E-state index contributed by atoms with van der Waals surface area (Å²) in [5, 5.41) is 3.18. The fourth-order valence-electron chi connectivity index (χ4n) is 2.67. The van der Waals surface area contributed by atoms with Crippen LogP contribution in [0.4, 0.5) is 5.69 Å². The Morgan fingerprint density at radius 1 is 0.929 bits per heavy atom. The third-order valence-electron chi connectivity index (χ3n) is 4.25. The van der Waals surface area contributed by atoms with E-state index < -0.39 is 6.10 Å². The monoisotopic (exact) mass is 393 g/mol. The summed E-state index contributed by atoms with van der Waals surface area (Å²) >= 11 is 6.04. The maximum absolute atomic E-state index is 12.5. The van der Waals surface area contributed by atoms with E-state index in [1.165, 1.54) is 0 Å². The van der Waals surface area contributed by atoms with Crippen molar-refractivity contribution in [3.05, 3.63) is 94.5 Å². The van der Waals surface area contributed by atoms with Gasteiger partial charge in [-0.05, 0) is 50.2 Å². The zero-order valence-corrected chi connectivity index (χ0v) is 16.4. The van der Waals surface area contributed by atoms with Crippen LogP contribution in [0, 0.1) is 6.92 Å². The van der Waals surface area contributed by atoms with E-state index in [1.54, 1.807) is 67.6 Å². The highest BCUT2D eigenvalue weighted by Crippen LogP contribution is 2.21. The van der Waals surface area contributed by atoms with E-state index in [1.807, 2.05) is 19.1 Å². The number of hydrogen-bond donors (Lipinski definition) is 1. The Morgan fingerprint density at radius 2 is 1.57 bits per heavy atom. The zero-order valence-electron chi connectivity index (χ0n) is 15.6. The number of benzene rings is 3. The average Bonchev–Trinajstić information content (AvgIpc) is 2.69. The van der Waals surface area contributed by atoms with Gasteiger partial charge in [0, 0.05) is 11.3 Å². The molecule has 28 heavy (non-hydrogen) atoms. The Bertz CT molecular complexity index is 981. The Hall–Kier alpha value is -3.11. The van der Waals surface area contributed by atoms with Gasteiger partial charge in [-0.2, -0.15) is 0 Å². The Labute approximate surface area is 169 Å². The molecule has 0 aliphatic rings. The van der Waals surface area contributed by atoms with Gasteiger partial charge in [0.15, 0.2) is 6.10 Å². The lowest BCUT2D eigenvalue weighted by Crippen LogP contribution is -2.23. The number of carbonyl (C=O) groups excluding carboxylic acids is 2. The van der Waals surface area contributed by atoms with Crippen molar-refractivity contribution >= 4 is 29.0 Å². The number of aryl methyl sites for hydroxylation is 1. The lowest BCUT2D eigenvalue weighted by atomic mass is 10.1. The van der Waals surface area contributed by atoms with Gasteiger partial charge < -0.3 is 10.1 Å². The van der Waals surface area contributed by atoms with E-state index in [0.717, 1.165) is 5.56 Å². The number of ketones is 1. The molecule has 1 N–H and O–H groups in total. The largest absolute Gasteiger partial charge is 0.483 e. The van der Waals surface area contributed by atoms with E-state index >= 15 is 0 Å². The SMILES string of the molecule is Cc1ccc(C(=O)[C@@H](C)Oc2ccc(NC(=O)c3ccccc3Cl)cc2)cc1. The van der Waals surface area contributed by atoms with Crippen LogP contribution >= 0.6 is 11.6 Å². The second-order valence-electron chi connectivity index (χ2n) is 6.45. The molecule has 5 heteroatoms. The lowest BCUT2D eigenvalue weighted by Gasteiger charge is -2.14. The molecular weight excluding hydrogens is 374 g/mol. The van der Waals surface area contributed by atoms with Crippen LogP contribution in [-0.4, -0.2) is 17.8 Å². The van der Waals surface area contributed by atoms with Crippen molar-refractivity contribution in [2.45, 2.75) is 20.0 Å². The van der Waals surface area contributed by atoms with E-state index in [4.69, 9.17) is 16.3 Å². The Balaban J connectivity index is 1.62. The second-order valence-corrected chi connectivity index (χ2v) is 6.86. The minimum absolute atomic E-state index is 0.0869. The Kier molecular flexibility index (Phi) is 6.12. The summed E-state index contributed by atoms with van der Waals surface area (Å²) in [5.74, 6) is 0.169. The number of carbonyl (C=O) groups is 2. The molecule has 3 rings (SSSR count). The molecule has 142 valence electrons. The summed E-state index contributed by atoms with van der Waals surface area (Å²) < 4.78 is 5.74. The second kappa shape index (κ2) is 8.72. The molecule has 0 unspecified atom stereocenters. The van der Waals surface area contributed by atoms with Crippen molar-refractivity contribution in [3.63, 3.8) is 0 Å². The summed E-state index contributed by atoms with van der Waals surface area (Å²) in [5.41, 5.74) is 2.72. The molecule has 1 amide bonds. The molecule has 0 spiro atoms. The summed E-state index contributed by atoms with van der Waals surface area (Å²) in [6, 6.07) is 21.1. The van der Waals surface area contributed by atoms with Gasteiger partial charge in [-0.3, -0.25) is 9.59 Å². The number of anilines is 1. The van der Waals surface area contributed by atoms with Gasteiger partial charge in [0.2, 0.25) is 5.78 Å². The first-order valence-electron chi connectivity index (χ1n) is 8.87. The van der Waals surface area contributed by atoms with Crippen molar-refractivity contribution in [3.8, 4) is 5.75 Å². The van der Waals surface area contributed by atoms with E-state index in [9.17, 15) is 9.59 Å². The van der Waals surface area contributed by atoms with Crippen molar-refractivity contribution in [1.29, 1.82) is 0 Å². The molecule has 0 aliphatic heterocycles. The number of amides is 1. The van der Waals surface area contributed by atoms with Crippen LogP contribution < -0.4 is 10.1 Å². The van der Waals surface area contributed by atoms with Crippen LogP contribution in [0.2, 0.25) is 5.02 Å². The number of hydrogen-bond acceptors (Lipinski definition) is 3.